The number of benzene rings is 1. The Hall–Kier alpha value is -1.02. The minimum absolute atomic E-state index is 0. The van der Waals surface area contributed by atoms with Crippen molar-refractivity contribution in [2.24, 2.45) is 4.99 Å². The summed E-state index contributed by atoms with van der Waals surface area (Å²) in [6.07, 6.45) is 0.880. The van der Waals surface area contributed by atoms with Crippen molar-refractivity contribution in [2.75, 3.05) is 33.9 Å². The maximum absolute atomic E-state index is 5.64. The molecule has 1 rings (SSSR count). The van der Waals surface area contributed by atoms with Gasteiger partial charge in [-0.15, -0.1) is 24.0 Å². The molecular formula is C17H30IN3O2. The van der Waals surface area contributed by atoms with Gasteiger partial charge in [-0.25, -0.2) is 0 Å². The Morgan fingerprint density at radius 2 is 1.91 bits per heavy atom. The van der Waals surface area contributed by atoms with Gasteiger partial charge in [0, 0.05) is 27.2 Å². The summed E-state index contributed by atoms with van der Waals surface area (Å²) >= 11 is 0. The molecule has 0 bridgehead atoms. The zero-order chi connectivity index (χ0) is 16.4. The normalized spacial score (nSPS) is 11.6. The van der Waals surface area contributed by atoms with Gasteiger partial charge >= 0.3 is 0 Å². The van der Waals surface area contributed by atoms with Gasteiger partial charge in [-0.3, -0.25) is 4.99 Å². The molecule has 1 aromatic carbocycles. The number of guanidine groups is 1. The lowest BCUT2D eigenvalue weighted by atomic mass is 10.1. The van der Waals surface area contributed by atoms with Crippen molar-refractivity contribution in [3.63, 3.8) is 0 Å². The third-order valence-electron chi connectivity index (χ3n) is 3.42. The third-order valence-corrected chi connectivity index (χ3v) is 3.42. The predicted molar refractivity (Wildman–Crippen MR) is 107 cm³/mol. The fourth-order valence-electron chi connectivity index (χ4n) is 1.91. The largest absolute Gasteiger partial charge is 0.494 e. The van der Waals surface area contributed by atoms with Crippen LogP contribution in [0.5, 0.6) is 5.75 Å². The minimum atomic E-state index is -0.223. The molecule has 23 heavy (non-hydrogen) atoms. The maximum atomic E-state index is 5.64. The molecule has 0 atom stereocenters. The lowest BCUT2D eigenvalue weighted by Crippen LogP contribution is -2.45. The van der Waals surface area contributed by atoms with Gasteiger partial charge in [-0.05, 0) is 38.8 Å². The lowest BCUT2D eigenvalue weighted by molar-refractivity contribution is 0.0268. The smallest absolute Gasteiger partial charge is 0.191 e. The predicted octanol–water partition coefficient (Wildman–Crippen LogP) is 2.84. The van der Waals surface area contributed by atoms with Crippen molar-refractivity contribution in [2.45, 2.75) is 32.8 Å². The molecule has 132 valence electrons. The van der Waals surface area contributed by atoms with Gasteiger partial charge in [0.15, 0.2) is 5.96 Å². The summed E-state index contributed by atoms with van der Waals surface area (Å²) in [7, 11) is 3.48. The second-order valence-electron chi connectivity index (χ2n) is 5.61. The van der Waals surface area contributed by atoms with Gasteiger partial charge in [0.2, 0.25) is 0 Å². The second-order valence-corrected chi connectivity index (χ2v) is 5.61. The molecular weight excluding hydrogens is 405 g/mol. The van der Waals surface area contributed by atoms with E-state index < -0.39 is 0 Å². The van der Waals surface area contributed by atoms with Crippen LogP contribution in [-0.4, -0.2) is 45.4 Å². The van der Waals surface area contributed by atoms with Crippen LogP contribution in [0.3, 0.4) is 0 Å². The highest BCUT2D eigenvalue weighted by Crippen LogP contribution is 2.17. The van der Waals surface area contributed by atoms with Gasteiger partial charge < -0.3 is 20.1 Å². The Morgan fingerprint density at radius 1 is 1.22 bits per heavy atom. The molecule has 0 aromatic heterocycles. The Labute approximate surface area is 157 Å². The van der Waals surface area contributed by atoms with E-state index in [0.717, 1.165) is 24.7 Å². The van der Waals surface area contributed by atoms with Gasteiger partial charge in [0.25, 0.3) is 0 Å². The van der Waals surface area contributed by atoms with Crippen molar-refractivity contribution in [3.05, 3.63) is 29.8 Å². The molecule has 0 aliphatic carbocycles. The number of rotatable bonds is 8. The first-order valence-electron chi connectivity index (χ1n) is 7.72. The quantitative estimate of drug-likeness (QED) is 0.375. The second kappa shape index (κ2) is 11.5. The minimum Gasteiger partial charge on any atom is -0.494 e. The molecule has 1 aromatic rings. The summed E-state index contributed by atoms with van der Waals surface area (Å²) < 4.78 is 11.0. The highest BCUT2D eigenvalue weighted by molar-refractivity contribution is 14.0. The van der Waals surface area contributed by atoms with Crippen molar-refractivity contribution >= 4 is 29.9 Å². The van der Waals surface area contributed by atoms with E-state index >= 15 is 0 Å². The molecule has 0 unspecified atom stereocenters. The van der Waals surface area contributed by atoms with Crippen molar-refractivity contribution < 1.29 is 9.47 Å². The first-order valence-corrected chi connectivity index (χ1v) is 7.72. The Kier molecular flexibility index (Phi) is 11.0. The van der Waals surface area contributed by atoms with Gasteiger partial charge in [-0.2, -0.15) is 0 Å². The average molecular weight is 435 g/mol. The van der Waals surface area contributed by atoms with Crippen LogP contribution in [0, 0.1) is 0 Å². The van der Waals surface area contributed by atoms with E-state index in [-0.39, 0.29) is 29.6 Å². The van der Waals surface area contributed by atoms with Gasteiger partial charge in [0.1, 0.15) is 5.75 Å². The maximum Gasteiger partial charge on any atom is 0.191 e. The summed E-state index contributed by atoms with van der Waals surface area (Å²) in [5.74, 6) is 1.73. The van der Waals surface area contributed by atoms with E-state index in [1.807, 2.05) is 39.0 Å². The van der Waals surface area contributed by atoms with Crippen LogP contribution in [0.2, 0.25) is 0 Å². The highest BCUT2D eigenvalue weighted by Gasteiger charge is 2.16. The number of hydrogen-bond donors (Lipinski definition) is 2. The molecule has 0 spiro atoms. The van der Waals surface area contributed by atoms with E-state index in [1.165, 1.54) is 5.56 Å². The van der Waals surface area contributed by atoms with E-state index in [4.69, 9.17) is 9.47 Å². The fourth-order valence-corrected chi connectivity index (χ4v) is 1.91. The number of halogens is 1. The zero-order valence-corrected chi connectivity index (χ0v) is 17.1. The van der Waals surface area contributed by atoms with Crippen LogP contribution in [0.4, 0.5) is 0 Å². The molecule has 0 amide bonds. The van der Waals surface area contributed by atoms with Gasteiger partial charge in [-0.1, -0.05) is 18.2 Å². The molecule has 0 radical (unpaired) electrons. The van der Waals surface area contributed by atoms with E-state index in [1.54, 1.807) is 14.2 Å². The van der Waals surface area contributed by atoms with Crippen LogP contribution in [0.1, 0.15) is 26.3 Å². The monoisotopic (exact) mass is 435 g/mol. The van der Waals surface area contributed by atoms with Crippen molar-refractivity contribution in [1.29, 1.82) is 0 Å². The summed E-state index contributed by atoms with van der Waals surface area (Å²) in [4.78, 5) is 4.22. The molecule has 0 aliphatic heterocycles. The number of methoxy groups -OCH3 is 1. The number of aliphatic imine (C=N–C) groups is 1. The van der Waals surface area contributed by atoms with E-state index in [9.17, 15) is 0 Å². The molecule has 6 heteroatoms. The molecule has 0 aliphatic rings. The summed E-state index contributed by atoms with van der Waals surface area (Å²) in [5, 5.41) is 6.58. The van der Waals surface area contributed by atoms with Crippen LogP contribution in [0.15, 0.2) is 29.3 Å². The fraction of sp³-hybridized carbons (Fsp3) is 0.588. The molecule has 0 saturated carbocycles. The topological polar surface area (TPSA) is 54.9 Å². The number of ether oxygens (including phenoxy) is 2. The van der Waals surface area contributed by atoms with Crippen LogP contribution in [-0.2, 0) is 11.2 Å². The SMILES string of the molecule is CCOc1ccccc1CCNC(=NC)NCC(C)(C)OC.I. The first kappa shape index (κ1) is 22.0. The Morgan fingerprint density at radius 3 is 2.52 bits per heavy atom. The lowest BCUT2D eigenvalue weighted by Gasteiger charge is -2.24. The van der Waals surface area contributed by atoms with Gasteiger partial charge in [0.05, 0.1) is 12.2 Å². The standard InChI is InChI=1S/C17H29N3O2.HI/c1-6-22-15-10-8-7-9-14(15)11-12-19-16(18-4)20-13-17(2,3)21-5;/h7-10H,6,11-13H2,1-5H3,(H2,18,19,20);1H. The van der Waals surface area contributed by atoms with Crippen LogP contribution < -0.4 is 15.4 Å². The first-order chi connectivity index (χ1) is 10.5. The number of nitrogens with zero attached hydrogens (tertiary/aromatic N) is 1. The summed E-state index contributed by atoms with van der Waals surface area (Å²) in [6.45, 7) is 8.23. The number of nitrogens with one attached hydrogen (secondary N) is 2. The van der Waals surface area contributed by atoms with Crippen LogP contribution in [0.25, 0.3) is 0 Å². The highest BCUT2D eigenvalue weighted by atomic mass is 127. The van der Waals surface area contributed by atoms with E-state index in [0.29, 0.717) is 13.2 Å². The molecule has 5 nitrogen and oxygen atoms in total. The third kappa shape index (κ3) is 8.41. The Bertz CT molecular complexity index is 479. The van der Waals surface area contributed by atoms with E-state index in [2.05, 4.69) is 21.7 Å². The molecule has 0 fully saturated rings. The van der Waals surface area contributed by atoms with Crippen LogP contribution >= 0.6 is 24.0 Å². The number of hydrogen-bond acceptors (Lipinski definition) is 3. The Balaban J connectivity index is 0.00000484. The van der Waals surface area contributed by atoms with Crippen molar-refractivity contribution in [3.8, 4) is 5.75 Å². The molecule has 2 N–H and O–H groups in total. The zero-order valence-electron chi connectivity index (χ0n) is 14.8. The number of para-hydroxylation sites is 1. The molecule has 0 heterocycles. The molecule has 0 saturated heterocycles. The average Bonchev–Trinajstić information content (AvgIpc) is 2.52. The summed E-state index contributed by atoms with van der Waals surface area (Å²) in [5.41, 5.74) is 0.976. The summed E-state index contributed by atoms with van der Waals surface area (Å²) in [6, 6.07) is 8.13. The van der Waals surface area contributed by atoms with Crippen molar-refractivity contribution in [1.82, 2.24) is 10.6 Å².